The number of hydrogen-bond donors (Lipinski definition) is 1. The molecule has 0 aliphatic carbocycles. The number of nitrogens with zero attached hydrogens (tertiary/aromatic N) is 2. The van der Waals surface area contributed by atoms with Crippen molar-refractivity contribution in [1.29, 1.82) is 0 Å². The Morgan fingerprint density at radius 3 is 2.23 bits per heavy atom. The Morgan fingerprint density at radius 1 is 1.00 bits per heavy atom. The lowest BCUT2D eigenvalue weighted by Crippen LogP contribution is -2.44. The quantitative estimate of drug-likeness (QED) is 0.763. The first-order chi connectivity index (χ1) is 14.7. The Balaban J connectivity index is 1.47. The molecule has 0 aromatic heterocycles. The first-order valence-electron chi connectivity index (χ1n) is 11.8. The molecular formula is C25H39N3O3. The SMILES string of the molecule is CC1CCN(Cc2ccccc2CNC(=O)C2CCN(C(=O)OC(C)(C)C)CC2)CC1. The highest BCUT2D eigenvalue weighted by Crippen LogP contribution is 2.22. The number of likely N-dealkylation sites (tertiary alicyclic amines) is 2. The molecule has 2 heterocycles. The van der Waals surface area contributed by atoms with Gasteiger partial charge < -0.3 is 15.0 Å². The van der Waals surface area contributed by atoms with Gasteiger partial charge in [-0.05, 0) is 76.6 Å². The topological polar surface area (TPSA) is 61.9 Å². The summed E-state index contributed by atoms with van der Waals surface area (Å²) in [6.45, 7) is 12.9. The van der Waals surface area contributed by atoms with Gasteiger partial charge in [-0.1, -0.05) is 31.2 Å². The van der Waals surface area contributed by atoms with E-state index in [0.29, 0.717) is 32.5 Å². The Hall–Kier alpha value is -2.08. The monoisotopic (exact) mass is 429 g/mol. The number of benzene rings is 1. The third-order valence-electron chi connectivity index (χ3n) is 6.36. The van der Waals surface area contributed by atoms with Crippen molar-refractivity contribution < 1.29 is 14.3 Å². The molecule has 31 heavy (non-hydrogen) atoms. The summed E-state index contributed by atoms with van der Waals surface area (Å²) < 4.78 is 5.44. The van der Waals surface area contributed by atoms with Gasteiger partial charge >= 0.3 is 6.09 Å². The second-order valence-corrected chi connectivity index (χ2v) is 10.2. The number of carbonyl (C=O) groups excluding carboxylic acids is 2. The van der Waals surface area contributed by atoms with Crippen LogP contribution in [-0.2, 0) is 22.6 Å². The van der Waals surface area contributed by atoms with E-state index < -0.39 is 5.60 Å². The molecule has 6 nitrogen and oxygen atoms in total. The van der Waals surface area contributed by atoms with Crippen LogP contribution in [0.5, 0.6) is 0 Å². The maximum absolute atomic E-state index is 12.8. The average molecular weight is 430 g/mol. The van der Waals surface area contributed by atoms with Crippen molar-refractivity contribution >= 4 is 12.0 Å². The van der Waals surface area contributed by atoms with Crippen molar-refractivity contribution in [3.8, 4) is 0 Å². The molecule has 0 radical (unpaired) electrons. The van der Waals surface area contributed by atoms with E-state index in [1.165, 1.54) is 24.0 Å². The zero-order valence-electron chi connectivity index (χ0n) is 19.7. The number of amides is 2. The number of carbonyl (C=O) groups is 2. The van der Waals surface area contributed by atoms with Gasteiger partial charge in [0, 0.05) is 32.1 Å². The fraction of sp³-hybridized carbons (Fsp3) is 0.680. The van der Waals surface area contributed by atoms with Gasteiger partial charge in [-0.25, -0.2) is 4.79 Å². The van der Waals surface area contributed by atoms with Gasteiger partial charge in [0.1, 0.15) is 5.60 Å². The lowest BCUT2D eigenvalue weighted by molar-refractivity contribution is -0.126. The average Bonchev–Trinajstić information content (AvgIpc) is 2.73. The molecule has 1 aromatic rings. The van der Waals surface area contributed by atoms with E-state index in [1.54, 1.807) is 4.90 Å². The van der Waals surface area contributed by atoms with E-state index in [1.807, 2.05) is 26.8 Å². The lowest BCUT2D eigenvalue weighted by Gasteiger charge is -2.33. The molecule has 2 fully saturated rings. The summed E-state index contributed by atoms with van der Waals surface area (Å²) in [4.78, 5) is 29.2. The van der Waals surface area contributed by atoms with E-state index in [2.05, 4.69) is 35.3 Å². The summed E-state index contributed by atoms with van der Waals surface area (Å²) in [5, 5.41) is 3.14. The van der Waals surface area contributed by atoms with Crippen LogP contribution in [-0.4, -0.2) is 53.6 Å². The molecule has 1 aromatic carbocycles. The molecule has 172 valence electrons. The van der Waals surface area contributed by atoms with Gasteiger partial charge in [0.15, 0.2) is 0 Å². The fourth-order valence-electron chi connectivity index (χ4n) is 4.32. The molecular weight excluding hydrogens is 390 g/mol. The molecule has 1 N–H and O–H groups in total. The van der Waals surface area contributed by atoms with Crippen LogP contribution in [0.3, 0.4) is 0 Å². The van der Waals surface area contributed by atoms with Crippen LogP contribution >= 0.6 is 0 Å². The minimum Gasteiger partial charge on any atom is -0.444 e. The van der Waals surface area contributed by atoms with Gasteiger partial charge in [0.2, 0.25) is 5.91 Å². The minimum absolute atomic E-state index is 0.0468. The first kappa shape index (κ1) is 23.6. The van der Waals surface area contributed by atoms with Gasteiger partial charge in [0.05, 0.1) is 0 Å². The van der Waals surface area contributed by atoms with E-state index in [4.69, 9.17) is 4.74 Å². The second-order valence-electron chi connectivity index (χ2n) is 10.2. The van der Waals surface area contributed by atoms with Crippen molar-refractivity contribution in [3.05, 3.63) is 35.4 Å². The number of ether oxygens (including phenoxy) is 1. The molecule has 0 atom stereocenters. The molecule has 0 bridgehead atoms. The smallest absolute Gasteiger partial charge is 0.410 e. The molecule has 3 rings (SSSR count). The van der Waals surface area contributed by atoms with E-state index >= 15 is 0 Å². The van der Waals surface area contributed by atoms with Crippen molar-refractivity contribution in [2.45, 2.75) is 72.1 Å². The molecule has 2 amide bonds. The molecule has 0 spiro atoms. The highest BCUT2D eigenvalue weighted by atomic mass is 16.6. The van der Waals surface area contributed by atoms with Crippen LogP contribution in [0.1, 0.15) is 64.5 Å². The number of nitrogens with one attached hydrogen (secondary N) is 1. The molecule has 0 unspecified atom stereocenters. The standard InChI is InChI=1S/C25H39N3O3/c1-19-9-13-27(14-10-19)18-22-8-6-5-7-21(22)17-26-23(29)20-11-15-28(16-12-20)24(30)31-25(2,3)4/h5-8,19-20H,9-18H2,1-4H3,(H,26,29). The fourth-order valence-corrected chi connectivity index (χ4v) is 4.32. The highest BCUT2D eigenvalue weighted by Gasteiger charge is 2.29. The predicted octanol–water partition coefficient (Wildman–Crippen LogP) is 4.18. The Bertz CT molecular complexity index is 743. The van der Waals surface area contributed by atoms with Crippen molar-refractivity contribution in [2.24, 2.45) is 11.8 Å². The molecule has 0 saturated carbocycles. The van der Waals surface area contributed by atoms with Crippen LogP contribution in [0.4, 0.5) is 4.79 Å². The maximum Gasteiger partial charge on any atom is 0.410 e. The van der Waals surface area contributed by atoms with Crippen molar-refractivity contribution in [1.82, 2.24) is 15.1 Å². The number of hydrogen-bond acceptors (Lipinski definition) is 4. The highest BCUT2D eigenvalue weighted by molar-refractivity contribution is 5.79. The van der Waals surface area contributed by atoms with E-state index in [9.17, 15) is 9.59 Å². The van der Waals surface area contributed by atoms with Crippen molar-refractivity contribution in [3.63, 3.8) is 0 Å². The lowest BCUT2D eigenvalue weighted by atomic mass is 9.95. The summed E-state index contributed by atoms with van der Waals surface area (Å²) in [7, 11) is 0. The Morgan fingerprint density at radius 2 is 1.61 bits per heavy atom. The zero-order chi connectivity index (χ0) is 22.4. The first-order valence-corrected chi connectivity index (χ1v) is 11.8. The Labute approximate surface area is 187 Å². The van der Waals surface area contributed by atoms with E-state index in [-0.39, 0.29) is 17.9 Å². The summed E-state index contributed by atoms with van der Waals surface area (Å²) in [6.07, 6.45) is 3.60. The normalized spacial score (nSPS) is 19.3. The number of piperidine rings is 2. The molecule has 2 aliphatic rings. The third-order valence-corrected chi connectivity index (χ3v) is 6.36. The van der Waals surface area contributed by atoms with Crippen LogP contribution < -0.4 is 5.32 Å². The largest absolute Gasteiger partial charge is 0.444 e. The molecule has 2 saturated heterocycles. The summed E-state index contributed by atoms with van der Waals surface area (Å²) >= 11 is 0. The summed E-state index contributed by atoms with van der Waals surface area (Å²) in [5.74, 6) is 0.868. The van der Waals surface area contributed by atoms with Gasteiger partial charge in [-0.15, -0.1) is 0 Å². The zero-order valence-corrected chi connectivity index (χ0v) is 19.7. The third kappa shape index (κ3) is 7.23. The van der Waals surface area contributed by atoms with Crippen molar-refractivity contribution in [2.75, 3.05) is 26.2 Å². The number of rotatable bonds is 5. The molecule has 6 heteroatoms. The van der Waals surface area contributed by atoms with Gasteiger partial charge in [0.25, 0.3) is 0 Å². The van der Waals surface area contributed by atoms with Gasteiger partial charge in [-0.2, -0.15) is 0 Å². The summed E-state index contributed by atoms with van der Waals surface area (Å²) in [5.41, 5.74) is 2.00. The Kier molecular flexibility index (Phi) is 7.98. The predicted molar refractivity (Wildman–Crippen MR) is 122 cm³/mol. The van der Waals surface area contributed by atoms with Crippen LogP contribution in [0.25, 0.3) is 0 Å². The maximum atomic E-state index is 12.8. The van der Waals surface area contributed by atoms with Gasteiger partial charge in [-0.3, -0.25) is 9.69 Å². The van der Waals surface area contributed by atoms with Crippen LogP contribution in [0.15, 0.2) is 24.3 Å². The van der Waals surface area contributed by atoms with Crippen LogP contribution in [0, 0.1) is 11.8 Å². The van der Waals surface area contributed by atoms with Crippen LogP contribution in [0.2, 0.25) is 0 Å². The minimum atomic E-state index is -0.495. The van der Waals surface area contributed by atoms with E-state index in [0.717, 1.165) is 25.6 Å². The molecule has 2 aliphatic heterocycles. The second kappa shape index (κ2) is 10.5. The summed E-state index contributed by atoms with van der Waals surface area (Å²) in [6, 6.07) is 8.42.